The number of aliphatic imine (C=N–C) groups is 1. The number of nitrogens with one attached hydrogen (secondary N) is 1. The van der Waals surface area contributed by atoms with Crippen molar-refractivity contribution in [2.75, 3.05) is 33.3 Å². The predicted octanol–water partition coefficient (Wildman–Crippen LogP) is 3.42. The summed E-state index contributed by atoms with van der Waals surface area (Å²) in [6.45, 7) is 5.71. The third kappa shape index (κ3) is 6.10. The maximum atomic E-state index is 11.9. The Hall–Kier alpha value is -2.86. The van der Waals surface area contributed by atoms with Gasteiger partial charge in [0, 0.05) is 52.1 Å². The molecule has 2 saturated heterocycles. The maximum absolute atomic E-state index is 11.9. The number of nitrogens with zero attached hydrogens (tertiary/aromatic N) is 3. The fourth-order valence-corrected chi connectivity index (χ4v) is 4.52. The van der Waals surface area contributed by atoms with Gasteiger partial charge in [0.2, 0.25) is 5.91 Å². The Morgan fingerprint density at radius 3 is 2.69 bits per heavy atom. The van der Waals surface area contributed by atoms with Gasteiger partial charge in [0.25, 0.3) is 0 Å². The molecule has 2 heterocycles. The van der Waals surface area contributed by atoms with Crippen LogP contribution in [0.25, 0.3) is 0 Å². The van der Waals surface area contributed by atoms with Gasteiger partial charge in [-0.25, -0.2) is 0 Å². The summed E-state index contributed by atoms with van der Waals surface area (Å²) in [6, 6.07) is 18.8. The van der Waals surface area contributed by atoms with E-state index in [0.717, 1.165) is 51.6 Å². The highest BCUT2D eigenvalue weighted by molar-refractivity contribution is 5.80. The zero-order valence-corrected chi connectivity index (χ0v) is 19.0. The van der Waals surface area contributed by atoms with Crippen molar-refractivity contribution in [1.29, 1.82) is 0 Å². The Kier molecular flexibility index (Phi) is 7.77. The fraction of sp³-hybridized carbons (Fsp3) is 0.462. The second-order valence-electron chi connectivity index (χ2n) is 8.74. The molecule has 2 fully saturated rings. The van der Waals surface area contributed by atoms with Crippen molar-refractivity contribution in [2.45, 2.75) is 39.0 Å². The van der Waals surface area contributed by atoms with Crippen LogP contribution in [0, 0.1) is 5.92 Å². The van der Waals surface area contributed by atoms with Crippen LogP contribution in [-0.2, 0) is 29.2 Å². The van der Waals surface area contributed by atoms with Gasteiger partial charge in [0.15, 0.2) is 5.96 Å². The maximum Gasteiger partial charge on any atom is 0.222 e. The van der Waals surface area contributed by atoms with E-state index in [-0.39, 0.29) is 5.91 Å². The molecule has 0 spiro atoms. The van der Waals surface area contributed by atoms with Crippen molar-refractivity contribution in [3.05, 3.63) is 71.3 Å². The lowest BCUT2D eigenvalue weighted by molar-refractivity contribution is -0.128. The molecule has 4 rings (SSSR count). The lowest BCUT2D eigenvalue weighted by atomic mass is 10.1. The van der Waals surface area contributed by atoms with Crippen LogP contribution in [0.4, 0.5) is 0 Å². The molecule has 0 aliphatic carbocycles. The second-order valence-corrected chi connectivity index (χ2v) is 8.74. The first-order valence-corrected chi connectivity index (χ1v) is 11.6. The van der Waals surface area contributed by atoms with Gasteiger partial charge < -0.3 is 19.9 Å². The van der Waals surface area contributed by atoms with Crippen molar-refractivity contribution in [3.63, 3.8) is 0 Å². The Bertz CT molecular complexity index is 915. The molecule has 2 aromatic carbocycles. The predicted molar refractivity (Wildman–Crippen MR) is 127 cm³/mol. The van der Waals surface area contributed by atoms with Crippen molar-refractivity contribution in [2.24, 2.45) is 10.9 Å². The first kappa shape index (κ1) is 22.3. The van der Waals surface area contributed by atoms with E-state index in [2.05, 4.69) is 51.6 Å². The van der Waals surface area contributed by atoms with Gasteiger partial charge >= 0.3 is 0 Å². The standard InChI is InChI=1S/C26H34N4O2/c1-27-26(30-14-12-24(18-30)20-32-19-21-7-3-2-4-8-21)28-16-22-9-5-10-23(15-22)17-29-13-6-11-25(29)31/h2-5,7-10,15,24H,6,11-14,16-20H2,1H3,(H,27,28). The average molecular weight is 435 g/mol. The van der Waals surface area contributed by atoms with Crippen LogP contribution < -0.4 is 5.32 Å². The zero-order valence-electron chi connectivity index (χ0n) is 19.0. The SMILES string of the molecule is CN=C(NCc1cccc(CN2CCCC2=O)c1)N1CCC(COCc2ccccc2)C1. The van der Waals surface area contributed by atoms with Crippen LogP contribution in [-0.4, -0.2) is 55.0 Å². The van der Waals surface area contributed by atoms with Crippen LogP contribution >= 0.6 is 0 Å². The van der Waals surface area contributed by atoms with Crippen molar-refractivity contribution in [3.8, 4) is 0 Å². The Balaban J connectivity index is 1.22. The van der Waals surface area contributed by atoms with E-state index < -0.39 is 0 Å². The molecule has 0 aromatic heterocycles. The number of carbonyl (C=O) groups is 1. The highest BCUT2D eigenvalue weighted by Crippen LogP contribution is 2.18. The Morgan fingerprint density at radius 2 is 1.91 bits per heavy atom. The normalized spacial score (nSPS) is 19.1. The third-order valence-electron chi connectivity index (χ3n) is 6.25. The number of ether oxygens (including phenoxy) is 1. The molecule has 6 nitrogen and oxygen atoms in total. The molecule has 6 heteroatoms. The topological polar surface area (TPSA) is 57.2 Å². The number of hydrogen-bond acceptors (Lipinski definition) is 3. The minimum absolute atomic E-state index is 0.269. The van der Waals surface area contributed by atoms with Gasteiger partial charge in [0.05, 0.1) is 13.2 Å². The van der Waals surface area contributed by atoms with Crippen LogP contribution in [0.2, 0.25) is 0 Å². The van der Waals surface area contributed by atoms with Gasteiger partial charge in [-0.15, -0.1) is 0 Å². The van der Waals surface area contributed by atoms with E-state index in [1.54, 1.807) is 0 Å². The molecule has 0 bridgehead atoms. The number of hydrogen-bond donors (Lipinski definition) is 1. The molecular formula is C26H34N4O2. The molecule has 2 aliphatic rings. The van der Waals surface area contributed by atoms with E-state index in [1.165, 1.54) is 16.7 Å². The summed E-state index contributed by atoms with van der Waals surface area (Å²) in [5.74, 6) is 1.74. The molecule has 2 aromatic rings. The summed E-state index contributed by atoms with van der Waals surface area (Å²) in [7, 11) is 1.84. The van der Waals surface area contributed by atoms with E-state index in [1.807, 2.05) is 30.1 Å². The van der Waals surface area contributed by atoms with Crippen molar-refractivity contribution >= 4 is 11.9 Å². The second kappa shape index (κ2) is 11.1. The number of carbonyl (C=O) groups excluding carboxylic acids is 1. The van der Waals surface area contributed by atoms with E-state index in [4.69, 9.17) is 4.74 Å². The van der Waals surface area contributed by atoms with Crippen molar-refractivity contribution in [1.82, 2.24) is 15.1 Å². The molecule has 1 N–H and O–H groups in total. The highest BCUT2D eigenvalue weighted by Gasteiger charge is 2.25. The van der Waals surface area contributed by atoms with E-state index in [0.29, 0.717) is 25.5 Å². The number of likely N-dealkylation sites (tertiary alicyclic amines) is 2. The molecule has 32 heavy (non-hydrogen) atoms. The molecule has 2 aliphatic heterocycles. The van der Waals surface area contributed by atoms with Crippen LogP contribution in [0.1, 0.15) is 36.0 Å². The minimum atomic E-state index is 0.269. The summed E-state index contributed by atoms with van der Waals surface area (Å²) < 4.78 is 5.95. The molecule has 1 amide bonds. The van der Waals surface area contributed by atoms with E-state index in [9.17, 15) is 4.79 Å². The number of rotatable bonds is 8. The summed E-state index contributed by atoms with van der Waals surface area (Å²) in [6.07, 6.45) is 2.78. The van der Waals surface area contributed by atoms with Gasteiger partial charge in [-0.1, -0.05) is 54.6 Å². The lowest BCUT2D eigenvalue weighted by Gasteiger charge is -2.22. The summed E-state index contributed by atoms with van der Waals surface area (Å²) >= 11 is 0. The third-order valence-corrected chi connectivity index (χ3v) is 6.25. The summed E-state index contributed by atoms with van der Waals surface area (Å²) in [5.41, 5.74) is 3.61. The molecule has 1 atom stereocenters. The first-order chi connectivity index (χ1) is 15.7. The molecule has 170 valence electrons. The molecule has 1 unspecified atom stereocenters. The van der Waals surface area contributed by atoms with Crippen molar-refractivity contribution < 1.29 is 9.53 Å². The minimum Gasteiger partial charge on any atom is -0.376 e. The van der Waals surface area contributed by atoms with Gasteiger partial charge in [-0.3, -0.25) is 9.79 Å². The number of guanidine groups is 1. The van der Waals surface area contributed by atoms with Gasteiger partial charge in [0.1, 0.15) is 0 Å². The smallest absolute Gasteiger partial charge is 0.222 e. The average Bonchev–Trinajstić information content (AvgIpc) is 3.45. The van der Waals surface area contributed by atoms with Crippen LogP contribution in [0.3, 0.4) is 0 Å². The zero-order chi connectivity index (χ0) is 22.2. The van der Waals surface area contributed by atoms with Gasteiger partial charge in [-0.05, 0) is 29.5 Å². The first-order valence-electron chi connectivity index (χ1n) is 11.6. The molecule has 0 radical (unpaired) electrons. The fourth-order valence-electron chi connectivity index (χ4n) is 4.52. The Labute approximate surface area is 191 Å². The summed E-state index contributed by atoms with van der Waals surface area (Å²) in [5, 5.41) is 3.51. The number of amides is 1. The lowest BCUT2D eigenvalue weighted by Crippen LogP contribution is -2.39. The molecule has 0 saturated carbocycles. The monoisotopic (exact) mass is 434 g/mol. The summed E-state index contributed by atoms with van der Waals surface area (Å²) in [4.78, 5) is 20.7. The van der Waals surface area contributed by atoms with Crippen LogP contribution in [0.5, 0.6) is 0 Å². The van der Waals surface area contributed by atoms with Crippen LogP contribution in [0.15, 0.2) is 59.6 Å². The van der Waals surface area contributed by atoms with E-state index >= 15 is 0 Å². The van der Waals surface area contributed by atoms with Gasteiger partial charge in [-0.2, -0.15) is 0 Å². The highest BCUT2D eigenvalue weighted by atomic mass is 16.5. The molecular weight excluding hydrogens is 400 g/mol. The number of benzene rings is 2. The largest absolute Gasteiger partial charge is 0.376 e. The Morgan fingerprint density at radius 1 is 1.09 bits per heavy atom. The quantitative estimate of drug-likeness (QED) is 0.511.